The molecule has 1 unspecified atom stereocenters. The van der Waals surface area contributed by atoms with E-state index in [9.17, 15) is 44.3 Å². The lowest BCUT2D eigenvalue weighted by Crippen LogP contribution is -2.62. The largest absolute Gasteiger partial charge is 0.482 e. The summed E-state index contributed by atoms with van der Waals surface area (Å²) >= 11 is 0. The average Bonchev–Trinajstić information content (AvgIpc) is 2.71. The van der Waals surface area contributed by atoms with Gasteiger partial charge in [-0.15, -0.1) is 0 Å². The Balaban J connectivity index is 2.45. The molecule has 0 amide bonds. The van der Waals surface area contributed by atoms with E-state index < -0.39 is 42.3 Å². The Morgan fingerprint density at radius 1 is 0.765 bits per heavy atom. The number of para-hydroxylation sites is 1. The summed E-state index contributed by atoms with van der Waals surface area (Å²) in [6, 6.07) is 11.8. The van der Waals surface area contributed by atoms with Gasteiger partial charge in [0.1, 0.15) is 5.75 Å². The first-order valence-corrected chi connectivity index (χ1v) is 9.88. The highest BCUT2D eigenvalue weighted by Crippen LogP contribution is 2.54. The fourth-order valence-corrected chi connectivity index (χ4v) is 2.94. The molecule has 0 N–H and O–H groups in total. The van der Waals surface area contributed by atoms with Gasteiger partial charge in [-0.3, -0.25) is 4.79 Å². The van der Waals surface area contributed by atoms with Crippen molar-refractivity contribution >= 4 is 5.78 Å². The van der Waals surface area contributed by atoms with Crippen LogP contribution in [0.1, 0.15) is 43.1 Å². The average molecular weight is 500 g/mol. The predicted molar refractivity (Wildman–Crippen MR) is 106 cm³/mol. The standard InChI is InChI=1S/C23H21F9O2/c1-19(2,3)15-11-9-14(10-12-15)18(33)17(34-16-7-5-4-6-8-16)13-20(24,25)21(26,27)22(28,29)23(30,31)32/h4-12,17H,13H2,1-3H3. The summed E-state index contributed by atoms with van der Waals surface area (Å²) in [5, 5.41) is 0. The van der Waals surface area contributed by atoms with E-state index in [1.807, 2.05) is 20.8 Å². The zero-order valence-electron chi connectivity index (χ0n) is 18.2. The number of ether oxygens (including phenoxy) is 1. The lowest BCUT2D eigenvalue weighted by atomic mass is 9.86. The number of carbonyl (C=O) groups excluding carboxylic acids is 1. The molecular weight excluding hydrogens is 479 g/mol. The molecule has 0 aromatic heterocycles. The van der Waals surface area contributed by atoms with Crippen LogP contribution < -0.4 is 4.74 Å². The van der Waals surface area contributed by atoms with Crippen LogP contribution >= 0.6 is 0 Å². The van der Waals surface area contributed by atoms with Crippen molar-refractivity contribution in [2.75, 3.05) is 0 Å². The second kappa shape index (κ2) is 9.14. The molecule has 11 heteroatoms. The van der Waals surface area contributed by atoms with Gasteiger partial charge in [0, 0.05) is 5.56 Å². The number of ketones is 1. The van der Waals surface area contributed by atoms with Crippen LogP contribution in [0.25, 0.3) is 0 Å². The number of rotatable bonds is 8. The molecule has 0 radical (unpaired) electrons. The summed E-state index contributed by atoms with van der Waals surface area (Å²) in [7, 11) is 0. The summed E-state index contributed by atoms with van der Waals surface area (Å²) in [6.07, 6.45) is -11.9. The van der Waals surface area contributed by atoms with Crippen LogP contribution in [0.15, 0.2) is 54.6 Å². The summed E-state index contributed by atoms with van der Waals surface area (Å²) in [5.41, 5.74) is 0.0849. The molecule has 0 bridgehead atoms. The quantitative estimate of drug-likeness (QED) is 0.278. The van der Waals surface area contributed by atoms with Crippen molar-refractivity contribution < 1.29 is 49.0 Å². The topological polar surface area (TPSA) is 26.3 Å². The van der Waals surface area contributed by atoms with E-state index >= 15 is 0 Å². The summed E-state index contributed by atoms with van der Waals surface area (Å²) < 4.78 is 125. The Morgan fingerprint density at radius 2 is 1.26 bits per heavy atom. The molecule has 188 valence electrons. The zero-order chi connectivity index (χ0) is 26.2. The minimum Gasteiger partial charge on any atom is -0.482 e. The van der Waals surface area contributed by atoms with Crippen LogP contribution in [0, 0.1) is 0 Å². The minimum atomic E-state index is -7.06. The molecule has 0 spiro atoms. The van der Waals surface area contributed by atoms with Crippen LogP contribution in [-0.4, -0.2) is 35.8 Å². The molecule has 1 atom stereocenters. The third-order valence-corrected chi connectivity index (χ3v) is 5.00. The van der Waals surface area contributed by atoms with Crippen molar-refractivity contribution in [3.8, 4) is 5.75 Å². The molecule has 34 heavy (non-hydrogen) atoms. The van der Waals surface area contributed by atoms with Gasteiger partial charge in [-0.2, -0.15) is 39.5 Å². The first-order chi connectivity index (χ1) is 15.3. The first-order valence-electron chi connectivity index (χ1n) is 9.88. The molecular formula is C23H21F9O2. The van der Waals surface area contributed by atoms with Crippen LogP contribution in [0.2, 0.25) is 0 Å². The number of alkyl halides is 9. The fourth-order valence-electron chi connectivity index (χ4n) is 2.94. The highest BCUT2D eigenvalue weighted by atomic mass is 19.4. The van der Waals surface area contributed by atoms with Crippen molar-refractivity contribution in [3.63, 3.8) is 0 Å². The summed E-state index contributed by atoms with van der Waals surface area (Å²) in [4.78, 5) is 12.8. The second-order valence-corrected chi connectivity index (χ2v) is 8.67. The highest BCUT2D eigenvalue weighted by Gasteiger charge is 2.81. The number of carbonyl (C=O) groups is 1. The van der Waals surface area contributed by atoms with Gasteiger partial charge in [0.2, 0.25) is 5.78 Å². The van der Waals surface area contributed by atoms with E-state index in [2.05, 4.69) is 0 Å². The van der Waals surface area contributed by atoms with Crippen molar-refractivity contribution in [1.29, 1.82) is 0 Å². The predicted octanol–water partition coefficient (Wildman–Crippen LogP) is 7.47. The van der Waals surface area contributed by atoms with Gasteiger partial charge in [0.05, 0.1) is 6.42 Å². The van der Waals surface area contributed by atoms with Crippen LogP contribution in [0.3, 0.4) is 0 Å². The van der Waals surface area contributed by atoms with E-state index in [1.165, 1.54) is 54.6 Å². The van der Waals surface area contributed by atoms with Crippen molar-refractivity contribution in [1.82, 2.24) is 0 Å². The molecule has 0 aliphatic rings. The molecule has 0 fully saturated rings. The maximum absolute atomic E-state index is 14.3. The summed E-state index contributed by atoms with van der Waals surface area (Å²) in [5.74, 6) is -21.4. The minimum absolute atomic E-state index is 0.256. The van der Waals surface area contributed by atoms with E-state index in [0.29, 0.717) is 0 Å². The lowest BCUT2D eigenvalue weighted by Gasteiger charge is -2.35. The molecule has 2 nitrogen and oxygen atoms in total. The summed E-state index contributed by atoms with van der Waals surface area (Å²) in [6.45, 7) is 5.53. The maximum Gasteiger partial charge on any atom is 0.460 e. The zero-order valence-corrected chi connectivity index (χ0v) is 18.2. The molecule has 2 aromatic rings. The third-order valence-electron chi connectivity index (χ3n) is 5.00. The first kappa shape index (κ1) is 27.5. The van der Waals surface area contributed by atoms with Crippen LogP contribution in [0.5, 0.6) is 5.75 Å². The Bertz CT molecular complexity index is 976. The van der Waals surface area contributed by atoms with Gasteiger partial charge in [0.15, 0.2) is 6.10 Å². The van der Waals surface area contributed by atoms with Crippen molar-refractivity contribution in [2.45, 2.75) is 62.7 Å². The number of hydrogen-bond acceptors (Lipinski definition) is 2. The van der Waals surface area contributed by atoms with Crippen LogP contribution in [-0.2, 0) is 5.41 Å². The van der Waals surface area contributed by atoms with Gasteiger partial charge in [-0.25, -0.2) is 0 Å². The van der Waals surface area contributed by atoms with Gasteiger partial charge >= 0.3 is 23.9 Å². The SMILES string of the molecule is CC(C)(C)c1ccc(C(=O)C(CC(F)(F)C(F)(F)C(F)(F)C(F)(F)F)Oc2ccccc2)cc1. The number of halogens is 9. The molecule has 0 aliphatic carbocycles. The van der Waals surface area contributed by atoms with Gasteiger partial charge in [-0.05, 0) is 23.1 Å². The van der Waals surface area contributed by atoms with Crippen LogP contribution in [0.4, 0.5) is 39.5 Å². The second-order valence-electron chi connectivity index (χ2n) is 8.67. The van der Waals surface area contributed by atoms with E-state index in [1.54, 1.807) is 0 Å². The monoisotopic (exact) mass is 500 g/mol. The van der Waals surface area contributed by atoms with E-state index in [0.717, 1.165) is 5.56 Å². The normalized spacial score (nSPS) is 14.6. The Hall–Kier alpha value is -2.72. The highest BCUT2D eigenvalue weighted by molar-refractivity contribution is 5.99. The number of Topliss-reactive ketones (excluding diaryl/α,β-unsaturated/α-hetero) is 1. The Morgan fingerprint density at radius 3 is 1.71 bits per heavy atom. The molecule has 0 saturated heterocycles. The number of hydrogen-bond donors (Lipinski definition) is 0. The van der Waals surface area contributed by atoms with Crippen molar-refractivity contribution in [3.05, 3.63) is 65.7 Å². The lowest BCUT2D eigenvalue weighted by molar-refractivity contribution is -0.397. The van der Waals surface area contributed by atoms with E-state index in [4.69, 9.17) is 4.74 Å². The fraction of sp³-hybridized carbons (Fsp3) is 0.435. The van der Waals surface area contributed by atoms with Gasteiger partial charge in [0.25, 0.3) is 0 Å². The molecule has 0 saturated carbocycles. The Labute approximate surface area is 189 Å². The molecule has 2 aromatic carbocycles. The number of benzene rings is 2. The third kappa shape index (κ3) is 5.50. The maximum atomic E-state index is 14.3. The Kier molecular flexibility index (Phi) is 7.40. The smallest absolute Gasteiger partial charge is 0.460 e. The van der Waals surface area contributed by atoms with E-state index in [-0.39, 0.29) is 16.7 Å². The molecule has 2 rings (SSSR count). The molecule has 0 aliphatic heterocycles. The molecule has 0 heterocycles. The van der Waals surface area contributed by atoms with Gasteiger partial charge in [-0.1, -0.05) is 63.2 Å². The van der Waals surface area contributed by atoms with Crippen molar-refractivity contribution in [2.24, 2.45) is 0 Å². The van der Waals surface area contributed by atoms with Gasteiger partial charge < -0.3 is 4.74 Å².